The van der Waals surface area contributed by atoms with Crippen LogP contribution in [0, 0.1) is 0 Å². The number of hydrogen-bond donors (Lipinski definition) is 0. The smallest absolute Gasteiger partial charge is 0.231 e. The number of nitrogens with zero attached hydrogens (tertiary/aromatic N) is 1. The van der Waals surface area contributed by atoms with Gasteiger partial charge in [0.05, 0.1) is 20.9 Å². The van der Waals surface area contributed by atoms with Crippen molar-refractivity contribution < 1.29 is 18.7 Å². The summed E-state index contributed by atoms with van der Waals surface area (Å²) in [6.45, 7) is 9.13. The number of carbonyl (C=O) groups is 1. The lowest BCUT2D eigenvalue weighted by Gasteiger charge is -2.28. The molecule has 120 valence electrons. The van der Waals surface area contributed by atoms with Gasteiger partial charge in [-0.3, -0.25) is 9.69 Å². The van der Waals surface area contributed by atoms with E-state index in [1.54, 1.807) is 11.8 Å². The molecule has 0 N–H and O–H groups in total. The lowest BCUT2D eigenvalue weighted by molar-refractivity contribution is -0.116. The van der Waals surface area contributed by atoms with Gasteiger partial charge in [0.25, 0.3) is 0 Å². The molecular weight excluding hydrogens is 310 g/mol. The molecule has 0 saturated heterocycles. The van der Waals surface area contributed by atoms with Crippen LogP contribution in [0.3, 0.4) is 0 Å². The number of anilines is 1. The Morgan fingerprint density at radius 2 is 1.87 bits per heavy atom. The molecular formula is C17H19NO4Si. The lowest BCUT2D eigenvalue weighted by Crippen LogP contribution is -2.39. The van der Waals surface area contributed by atoms with Crippen molar-refractivity contribution in [2.45, 2.75) is 33.1 Å². The van der Waals surface area contributed by atoms with Gasteiger partial charge in [0, 0.05) is 12.5 Å². The van der Waals surface area contributed by atoms with Gasteiger partial charge in [-0.1, -0.05) is 19.6 Å². The fourth-order valence-corrected chi connectivity index (χ4v) is 4.61. The van der Waals surface area contributed by atoms with E-state index in [4.69, 9.17) is 13.9 Å². The third-order valence-electron chi connectivity index (χ3n) is 4.40. The molecule has 2 aliphatic rings. The average Bonchev–Trinajstić information content (AvgIpc) is 3.09. The highest BCUT2D eigenvalue weighted by atomic mass is 28.3. The normalized spacial score (nSPS) is 15.4. The maximum absolute atomic E-state index is 12.1. The first-order chi connectivity index (χ1) is 10.9. The van der Waals surface area contributed by atoms with Crippen molar-refractivity contribution in [3.8, 4) is 22.6 Å². The Hall–Kier alpha value is -2.21. The summed E-state index contributed by atoms with van der Waals surface area (Å²) in [6, 6.07) is 4.00. The molecule has 1 aromatic carbocycles. The van der Waals surface area contributed by atoms with E-state index in [9.17, 15) is 4.79 Å². The fourth-order valence-electron chi connectivity index (χ4n) is 3.20. The average molecular weight is 329 g/mol. The molecule has 6 heteroatoms. The van der Waals surface area contributed by atoms with Gasteiger partial charge in [0.1, 0.15) is 0 Å². The number of furan rings is 1. The molecule has 0 fully saturated rings. The van der Waals surface area contributed by atoms with Crippen molar-refractivity contribution in [2.24, 2.45) is 0 Å². The zero-order chi connectivity index (χ0) is 16.4. The Balaban J connectivity index is 1.99. The van der Waals surface area contributed by atoms with E-state index in [1.807, 2.05) is 18.4 Å². The van der Waals surface area contributed by atoms with Gasteiger partial charge in [0.15, 0.2) is 11.5 Å². The second-order valence-electron chi connectivity index (χ2n) is 7.05. The maximum atomic E-state index is 12.1. The summed E-state index contributed by atoms with van der Waals surface area (Å²) in [5.41, 5.74) is 3.20. The molecule has 0 unspecified atom stereocenters. The Morgan fingerprint density at radius 1 is 1.17 bits per heavy atom. The van der Waals surface area contributed by atoms with Crippen molar-refractivity contribution in [1.82, 2.24) is 0 Å². The summed E-state index contributed by atoms with van der Waals surface area (Å²) in [5, 5.41) is 1.22. The van der Waals surface area contributed by atoms with E-state index < -0.39 is 8.07 Å². The highest BCUT2D eigenvalue weighted by Gasteiger charge is 2.35. The Labute approximate surface area is 135 Å². The summed E-state index contributed by atoms with van der Waals surface area (Å²) >= 11 is 0. The van der Waals surface area contributed by atoms with E-state index in [-0.39, 0.29) is 12.7 Å². The van der Waals surface area contributed by atoms with Gasteiger partial charge >= 0.3 is 0 Å². The van der Waals surface area contributed by atoms with Gasteiger partial charge in [-0.2, -0.15) is 0 Å². The molecule has 2 aliphatic heterocycles. The standard InChI is InChI=1S/C17H19NO4Si/c1-10(19)18-7-11-5-13-14(22-9-21-13)6-12(11)16-15(23(2,3)4)8-20-17(16)18/h5-6,8H,7,9H2,1-4H3. The summed E-state index contributed by atoms with van der Waals surface area (Å²) in [5.74, 6) is 2.13. The number of ether oxygens (including phenoxy) is 2. The highest BCUT2D eigenvalue weighted by molar-refractivity contribution is 6.89. The van der Waals surface area contributed by atoms with E-state index in [1.165, 1.54) is 5.19 Å². The summed E-state index contributed by atoms with van der Waals surface area (Å²) in [4.78, 5) is 13.8. The maximum Gasteiger partial charge on any atom is 0.231 e. The SMILES string of the molecule is CC(=O)N1Cc2cc3c(cc2-c2c([Si](C)(C)C)coc21)OCO3. The van der Waals surface area contributed by atoms with Crippen LogP contribution in [0.4, 0.5) is 5.88 Å². The number of amides is 1. The zero-order valence-electron chi connectivity index (χ0n) is 13.7. The molecule has 0 spiro atoms. The number of benzene rings is 1. The van der Waals surface area contributed by atoms with Gasteiger partial charge in [-0.05, 0) is 28.4 Å². The zero-order valence-corrected chi connectivity index (χ0v) is 14.7. The molecule has 5 nitrogen and oxygen atoms in total. The molecule has 0 bridgehead atoms. The summed E-state index contributed by atoms with van der Waals surface area (Å²) in [6.07, 6.45) is 1.83. The van der Waals surface area contributed by atoms with Crippen molar-refractivity contribution in [2.75, 3.05) is 11.7 Å². The van der Waals surface area contributed by atoms with Crippen molar-refractivity contribution in [3.63, 3.8) is 0 Å². The molecule has 1 amide bonds. The number of carbonyl (C=O) groups excluding carboxylic acids is 1. The molecule has 2 aromatic rings. The molecule has 0 aliphatic carbocycles. The summed E-state index contributed by atoms with van der Waals surface area (Å²) in [7, 11) is -1.62. The first-order valence-electron chi connectivity index (χ1n) is 7.69. The first kappa shape index (κ1) is 14.4. The van der Waals surface area contributed by atoms with E-state index in [0.29, 0.717) is 12.4 Å². The number of hydrogen-bond acceptors (Lipinski definition) is 4. The van der Waals surface area contributed by atoms with Crippen LogP contribution in [0.1, 0.15) is 12.5 Å². The molecule has 0 saturated carbocycles. The van der Waals surface area contributed by atoms with Crippen molar-refractivity contribution in [1.29, 1.82) is 0 Å². The largest absolute Gasteiger partial charge is 0.454 e. The number of rotatable bonds is 1. The Kier molecular flexibility index (Phi) is 2.90. The summed E-state index contributed by atoms with van der Waals surface area (Å²) < 4.78 is 16.9. The van der Waals surface area contributed by atoms with Crippen LogP contribution in [0.5, 0.6) is 11.5 Å². The predicted octanol–water partition coefficient (Wildman–Crippen LogP) is 3.09. The molecule has 3 heterocycles. The van der Waals surface area contributed by atoms with Crippen molar-refractivity contribution >= 4 is 25.1 Å². The van der Waals surface area contributed by atoms with Crippen LogP contribution in [0.25, 0.3) is 11.1 Å². The van der Waals surface area contributed by atoms with Crippen LogP contribution >= 0.6 is 0 Å². The minimum absolute atomic E-state index is 0.0222. The minimum atomic E-state index is -1.62. The van der Waals surface area contributed by atoms with Crippen LogP contribution in [0.2, 0.25) is 19.6 Å². The van der Waals surface area contributed by atoms with E-state index in [0.717, 1.165) is 28.2 Å². The van der Waals surface area contributed by atoms with Crippen molar-refractivity contribution in [3.05, 3.63) is 24.0 Å². The van der Waals surface area contributed by atoms with E-state index >= 15 is 0 Å². The topological polar surface area (TPSA) is 51.9 Å². The van der Waals surface area contributed by atoms with Crippen LogP contribution in [-0.2, 0) is 11.3 Å². The monoisotopic (exact) mass is 329 g/mol. The van der Waals surface area contributed by atoms with Crippen LogP contribution in [0.15, 0.2) is 22.8 Å². The quantitative estimate of drug-likeness (QED) is 0.755. The predicted molar refractivity (Wildman–Crippen MR) is 90.1 cm³/mol. The van der Waals surface area contributed by atoms with Gasteiger partial charge in [-0.15, -0.1) is 0 Å². The van der Waals surface area contributed by atoms with Gasteiger partial charge < -0.3 is 13.9 Å². The third kappa shape index (κ3) is 2.09. The molecule has 0 radical (unpaired) electrons. The third-order valence-corrected chi connectivity index (χ3v) is 6.38. The lowest BCUT2D eigenvalue weighted by atomic mass is 9.96. The van der Waals surface area contributed by atoms with Gasteiger partial charge in [0.2, 0.25) is 18.6 Å². The van der Waals surface area contributed by atoms with Crippen LogP contribution in [-0.4, -0.2) is 20.8 Å². The molecule has 0 atom stereocenters. The second-order valence-corrected chi connectivity index (χ2v) is 12.1. The number of fused-ring (bicyclic) bond motifs is 4. The fraction of sp³-hybridized carbons (Fsp3) is 0.353. The molecule has 1 aromatic heterocycles. The van der Waals surface area contributed by atoms with Gasteiger partial charge in [-0.25, -0.2) is 0 Å². The Morgan fingerprint density at radius 3 is 2.52 bits per heavy atom. The second kappa shape index (κ2) is 4.64. The Bertz CT molecular complexity index is 819. The highest BCUT2D eigenvalue weighted by Crippen LogP contribution is 2.45. The minimum Gasteiger partial charge on any atom is -0.454 e. The van der Waals surface area contributed by atoms with Crippen LogP contribution < -0.4 is 19.6 Å². The first-order valence-corrected chi connectivity index (χ1v) is 11.2. The van der Waals surface area contributed by atoms with E-state index in [2.05, 4.69) is 19.6 Å². The molecule has 23 heavy (non-hydrogen) atoms. The molecule has 4 rings (SSSR count).